The topological polar surface area (TPSA) is 64.6 Å². The third kappa shape index (κ3) is 3.26. The van der Waals surface area contributed by atoms with Crippen molar-refractivity contribution in [1.82, 2.24) is 4.72 Å². The predicted octanol–water partition coefficient (Wildman–Crippen LogP) is 2.35. The summed E-state index contributed by atoms with van der Waals surface area (Å²) in [6, 6.07) is 7.20. The van der Waals surface area contributed by atoms with Gasteiger partial charge in [-0.15, -0.1) is 11.3 Å². The van der Waals surface area contributed by atoms with Gasteiger partial charge in [0.2, 0.25) is 10.0 Å². The van der Waals surface area contributed by atoms with Crippen LogP contribution in [0.1, 0.15) is 11.1 Å². The van der Waals surface area contributed by atoms with E-state index in [1.807, 2.05) is 19.1 Å². The molecule has 0 spiro atoms. The molecular formula is C15H17NO4S2. The van der Waals surface area contributed by atoms with Crippen molar-refractivity contribution in [1.29, 1.82) is 0 Å². The maximum atomic E-state index is 12.1. The van der Waals surface area contributed by atoms with E-state index >= 15 is 0 Å². The van der Waals surface area contributed by atoms with Crippen molar-refractivity contribution >= 4 is 21.4 Å². The first-order chi connectivity index (χ1) is 10.6. The minimum atomic E-state index is -3.40. The van der Waals surface area contributed by atoms with Gasteiger partial charge in [-0.25, -0.2) is 13.1 Å². The van der Waals surface area contributed by atoms with Crippen LogP contribution < -0.4 is 14.2 Å². The highest BCUT2D eigenvalue weighted by molar-refractivity contribution is 7.91. The van der Waals surface area contributed by atoms with Gasteiger partial charge in [-0.1, -0.05) is 6.07 Å². The number of sulfonamides is 1. The molecule has 7 heteroatoms. The van der Waals surface area contributed by atoms with Gasteiger partial charge in [-0.05, 0) is 48.1 Å². The Morgan fingerprint density at radius 1 is 1.23 bits per heavy atom. The Balaban J connectivity index is 1.67. The molecule has 0 radical (unpaired) electrons. The smallest absolute Gasteiger partial charge is 0.250 e. The number of hydrogen-bond acceptors (Lipinski definition) is 5. The number of ether oxygens (including phenoxy) is 2. The van der Waals surface area contributed by atoms with Gasteiger partial charge in [-0.3, -0.25) is 0 Å². The van der Waals surface area contributed by atoms with E-state index in [0.717, 1.165) is 22.6 Å². The first-order valence-corrected chi connectivity index (χ1v) is 9.35. The molecule has 1 aromatic carbocycles. The molecule has 5 nitrogen and oxygen atoms in total. The fraction of sp³-hybridized carbons (Fsp3) is 0.333. The molecule has 0 bridgehead atoms. The van der Waals surface area contributed by atoms with Crippen molar-refractivity contribution in [3.8, 4) is 11.5 Å². The summed E-state index contributed by atoms with van der Waals surface area (Å²) in [5.74, 6) is 1.49. The van der Waals surface area contributed by atoms with E-state index in [1.165, 1.54) is 11.3 Å². The van der Waals surface area contributed by atoms with E-state index < -0.39 is 10.0 Å². The third-order valence-electron chi connectivity index (χ3n) is 3.45. The quantitative estimate of drug-likeness (QED) is 0.908. The van der Waals surface area contributed by atoms with Crippen molar-refractivity contribution < 1.29 is 17.9 Å². The van der Waals surface area contributed by atoms with Gasteiger partial charge < -0.3 is 9.47 Å². The molecular weight excluding hydrogens is 322 g/mol. The van der Waals surface area contributed by atoms with Gasteiger partial charge in [0.25, 0.3) is 0 Å². The number of nitrogens with one attached hydrogen (secondary N) is 1. The van der Waals surface area contributed by atoms with Crippen molar-refractivity contribution in [2.45, 2.75) is 17.6 Å². The Labute approximate surface area is 133 Å². The summed E-state index contributed by atoms with van der Waals surface area (Å²) >= 11 is 1.21. The molecule has 0 atom stereocenters. The highest BCUT2D eigenvalue weighted by atomic mass is 32.2. The maximum absolute atomic E-state index is 12.1. The Bertz CT molecular complexity index is 754. The van der Waals surface area contributed by atoms with Crippen LogP contribution in [0.2, 0.25) is 0 Å². The van der Waals surface area contributed by atoms with E-state index in [9.17, 15) is 8.42 Å². The van der Waals surface area contributed by atoms with Crippen molar-refractivity contribution in [3.05, 3.63) is 40.8 Å². The second kappa shape index (κ2) is 6.28. The Morgan fingerprint density at radius 2 is 1.95 bits per heavy atom. The van der Waals surface area contributed by atoms with Crippen LogP contribution in [0.5, 0.6) is 11.5 Å². The minimum Gasteiger partial charge on any atom is -0.486 e. The maximum Gasteiger partial charge on any atom is 0.250 e. The van der Waals surface area contributed by atoms with Crippen LogP contribution in [-0.4, -0.2) is 28.2 Å². The average Bonchev–Trinajstić information content (AvgIpc) is 3.03. The molecule has 118 valence electrons. The van der Waals surface area contributed by atoms with E-state index in [1.54, 1.807) is 17.5 Å². The zero-order valence-corrected chi connectivity index (χ0v) is 13.8. The first kappa shape index (κ1) is 15.3. The summed E-state index contributed by atoms with van der Waals surface area (Å²) in [4.78, 5) is 0. The summed E-state index contributed by atoms with van der Waals surface area (Å²) in [7, 11) is -3.40. The lowest BCUT2D eigenvalue weighted by molar-refractivity contribution is 0.171. The SMILES string of the molecule is Cc1cc2c(cc1CCNS(=O)(=O)c1cccs1)OCCO2. The predicted molar refractivity (Wildman–Crippen MR) is 85.4 cm³/mol. The number of fused-ring (bicyclic) bond motifs is 1. The molecule has 0 unspecified atom stereocenters. The molecule has 1 aliphatic heterocycles. The van der Waals surface area contributed by atoms with E-state index in [2.05, 4.69) is 4.72 Å². The molecule has 2 heterocycles. The molecule has 1 N–H and O–H groups in total. The highest BCUT2D eigenvalue weighted by Crippen LogP contribution is 2.33. The summed E-state index contributed by atoms with van der Waals surface area (Å²) in [6.07, 6.45) is 0.604. The van der Waals surface area contributed by atoms with Crippen LogP contribution in [0.4, 0.5) is 0 Å². The minimum absolute atomic E-state index is 0.339. The second-order valence-electron chi connectivity index (χ2n) is 5.00. The largest absolute Gasteiger partial charge is 0.486 e. The first-order valence-electron chi connectivity index (χ1n) is 6.98. The van der Waals surface area contributed by atoms with Gasteiger partial charge in [0.15, 0.2) is 11.5 Å². The van der Waals surface area contributed by atoms with Crippen LogP contribution in [0, 0.1) is 6.92 Å². The zero-order chi connectivity index (χ0) is 15.6. The Kier molecular flexibility index (Phi) is 4.37. The van der Waals surface area contributed by atoms with E-state index in [4.69, 9.17) is 9.47 Å². The number of thiophene rings is 1. The monoisotopic (exact) mass is 339 g/mol. The molecule has 22 heavy (non-hydrogen) atoms. The van der Waals surface area contributed by atoms with Gasteiger partial charge in [-0.2, -0.15) is 0 Å². The van der Waals surface area contributed by atoms with E-state index in [0.29, 0.717) is 30.4 Å². The summed E-state index contributed by atoms with van der Waals surface area (Å²) in [5, 5.41) is 1.75. The summed E-state index contributed by atoms with van der Waals surface area (Å²) in [5.41, 5.74) is 2.12. The van der Waals surface area contributed by atoms with Gasteiger partial charge in [0.1, 0.15) is 17.4 Å². The van der Waals surface area contributed by atoms with Gasteiger partial charge in [0, 0.05) is 6.54 Å². The standard InChI is InChI=1S/C15H17NO4S2/c1-11-9-13-14(20-7-6-19-13)10-12(11)4-5-16-22(17,18)15-3-2-8-21-15/h2-3,8-10,16H,4-7H2,1H3. The Morgan fingerprint density at radius 3 is 2.64 bits per heavy atom. The number of rotatable bonds is 5. The van der Waals surface area contributed by atoms with Crippen molar-refractivity contribution in [3.63, 3.8) is 0 Å². The fourth-order valence-corrected chi connectivity index (χ4v) is 4.38. The number of hydrogen-bond donors (Lipinski definition) is 1. The summed E-state index contributed by atoms with van der Waals surface area (Å²) < 4.78 is 38.2. The van der Waals surface area contributed by atoms with Crippen molar-refractivity contribution in [2.24, 2.45) is 0 Å². The van der Waals surface area contributed by atoms with Crippen LogP contribution in [0.3, 0.4) is 0 Å². The fourth-order valence-electron chi connectivity index (χ4n) is 2.31. The summed E-state index contributed by atoms with van der Waals surface area (Å²) in [6.45, 7) is 3.44. The van der Waals surface area contributed by atoms with Crippen LogP contribution in [0.15, 0.2) is 33.9 Å². The molecule has 2 aromatic rings. The lowest BCUT2D eigenvalue weighted by atomic mass is 10.0. The molecule has 3 rings (SSSR count). The molecule has 1 aliphatic rings. The van der Waals surface area contributed by atoms with Crippen LogP contribution >= 0.6 is 11.3 Å². The van der Waals surface area contributed by atoms with Crippen molar-refractivity contribution in [2.75, 3.05) is 19.8 Å². The van der Waals surface area contributed by atoms with Gasteiger partial charge in [0.05, 0.1) is 0 Å². The molecule has 0 aliphatic carbocycles. The Hall–Kier alpha value is -1.57. The number of aryl methyl sites for hydroxylation is 1. The lowest BCUT2D eigenvalue weighted by Gasteiger charge is -2.20. The van der Waals surface area contributed by atoms with E-state index in [-0.39, 0.29) is 0 Å². The van der Waals surface area contributed by atoms with Gasteiger partial charge >= 0.3 is 0 Å². The molecule has 0 saturated heterocycles. The average molecular weight is 339 g/mol. The highest BCUT2D eigenvalue weighted by Gasteiger charge is 2.16. The second-order valence-corrected chi connectivity index (χ2v) is 7.94. The third-order valence-corrected chi connectivity index (χ3v) is 6.31. The molecule has 0 amide bonds. The van der Waals surface area contributed by atoms with Crippen LogP contribution in [0.25, 0.3) is 0 Å². The molecule has 0 fully saturated rings. The lowest BCUT2D eigenvalue weighted by Crippen LogP contribution is -2.25. The zero-order valence-electron chi connectivity index (χ0n) is 12.2. The number of benzene rings is 1. The molecule has 0 saturated carbocycles. The molecule has 1 aromatic heterocycles. The van der Waals surface area contributed by atoms with Crippen LogP contribution in [-0.2, 0) is 16.4 Å². The normalized spacial score (nSPS) is 14.0.